The fraction of sp³-hybridized carbons (Fsp3) is 0.474. The molecule has 0 saturated heterocycles. The van der Waals surface area contributed by atoms with Gasteiger partial charge >= 0.3 is 0 Å². The fourth-order valence-corrected chi connectivity index (χ4v) is 3.33. The summed E-state index contributed by atoms with van der Waals surface area (Å²) in [7, 11) is 0. The normalized spacial score (nSPS) is 15.0. The molecule has 0 bridgehead atoms. The lowest BCUT2D eigenvalue weighted by atomic mass is 9.90. The van der Waals surface area contributed by atoms with Gasteiger partial charge in [-0.2, -0.15) is 0 Å². The van der Waals surface area contributed by atoms with Gasteiger partial charge in [-0.3, -0.25) is 9.78 Å². The van der Waals surface area contributed by atoms with Crippen LogP contribution in [0, 0.1) is 5.92 Å². The van der Waals surface area contributed by atoms with Gasteiger partial charge in [0, 0.05) is 29.1 Å². The topological polar surface area (TPSA) is 76.2 Å². The molecule has 4 nitrogen and oxygen atoms in total. The molecule has 1 aliphatic rings. The molecule has 0 aliphatic heterocycles. The summed E-state index contributed by atoms with van der Waals surface area (Å²) in [5, 5.41) is 9.50. The van der Waals surface area contributed by atoms with Crippen LogP contribution in [0.2, 0.25) is 0 Å². The van der Waals surface area contributed by atoms with Crippen molar-refractivity contribution < 1.29 is 9.90 Å². The number of rotatable bonds is 3. The second-order valence-corrected chi connectivity index (χ2v) is 7.13. The van der Waals surface area contributed by atoms with Crippen LogP contribution in [0.4, 0.5) is 5.69 Å². The van der Waals surface area contributed by atoms with Crippen LogP contribution < -0.4 is 5.73 Å². The summed E-state index contributed by atoms with van der Waals surface area (Å²) >= 11 is 3.38. The van der Waals surface area contributed by atoms with Crippen molar-refractivity contribution >= 4 is 38.3 Å². The molecule has 0 unspecified atom stereocenters. The molecule has 1 aromatic heterocycles. The first-order chi connectivity index (χ1) is 11.6. The number of ketones is 1. The second-order valence-electron chi connectivity index (χ2n) is 6.21. The summed E-state index contributed by atoms with van der Waals surface area (Å²) in [5.41, 5.74) is 7.80. The van der Waals surface area contributed by atoms with Crippen LogP contribution in [0.1, 0.15) is 55.8 Å². The van der Waals surface area contributed by atoms with E-state index in [4.69, 9.17) is 10.8 Å². The highest BCUT2D eigenvalue weighted by molar-refractivity contribution is 9.10. The zero-order valence-electron chi connectivity index (χ0n) is 14.1. The molecule has 0 radical (unpaired) electrons. The van der Waals surface area contributed by atoms with E-state index in [0.717, 1.165) is 15.4 Å². The number of fused-ring (bicyclic) bond motifs is 1. The van der Waals surface area contributed by atoms with Crippen LogP contribution >= 0.6 is 15.9 Å². The van der Waals surface area contributed by atoms with Crippen molar-refractivity contribution in [2.24, 2.45) is 5.92 Å². The Kier molecular flexibility index (Phi) is 7.18. The number of pyridine rings is 1. The Labute approximate surface area is 151 Å². The highest BCUT2D eigenvalue weighted by atomic mass is 79.9. The molecule has 3 N–H and O–H groups in total. The lowest BCUT2D eigenvalue weighted by Gasteiger charge is -2.18. The Morgan fingerprint density at radius 3 is 2.62 bits per heavy atom. The minimum Gasteiger partial charge on any atom is -0.398 e. The van der Waals surface area contributed by atoms with Crippen molar-refractivity contribution in [1.29, 1.82) is 0 Å². The maximum Gasteiger partial charge on any atom is 0.166 e. The number of nitrogen functional groups attached to an aromatic ring is 1. The monoisotopic (exact) mass is 392 g/mol. The third kappa shape index (κ3) is 4.77. The summed E-state index contributed by atoms with van der Waals surface area (Å²) < 4.78 is 0.926. The van der Waals surface area contributed by atoms with Crippen LogP contribution in [0.3, 0.4) is 0 Å². The number of aromatic nitrogens is 1. The van der Waals surface area contributed by atoms with Gasteiger partial charge < -0.3 is 10.8 Å². The first-order valence-electron chi connectivity index (χ1n) is 8.54. The van der Waals surface area contributed by atoms with Crippen LogP contribution in [-0.2, 0) is 0 Å². The van der Waals surface area contributed by atoms with Gasteiger partial charge in [0.2, 0.25) is 0 Å². The van der Waals surface area contributed by atoms with E-state index < -0.39 is 0 Å². The number of aliphatic hydroxyl groups excluding tert-OH is 1. The number of Topliss-reactive ketones (excluding diaryl/α,β-unsaturated/α-hetero) is 1. The highest BCUT2D eigenvalue weighted by Gasteiger charge is 2.12. The Balaban J connectivity index is 0.000000219. The molecule has 5 heteroatoms. The van der Waals surface area contributed by atoms with Crippen molar-refractivity contribution in [3.8, 4) is 0 Å². The quantitative estimate of drug-likeness (QED) is 0.739. The number of anilines is 1. The number of hydrogen-bond donors (Lipinski definition) is 2. The average Bonchev–Trinajstić information content (AvgIpc) is 2.63. The van der Waals surface area contributed by atoms with Gasteiger partial charge in [0.05, 0.1) is 16.8 Å². The molecule has 3 rings (SSSR count). The third-order valence-corrected chi connectivity index (χ3v) is 4.97. The third-order valence-electron chi connectivity index (χ3n) is 4.48. The predicted molar refractivity (Wildman–Crippen MR) is 102 cm³/mol. The molecule has 1 fully saturated rings. The van der Waals surface area contributed by atoms with Crippen molar-refractivity contribution in [3.05, 3.63) is 34.4 Å². The molecule has 1 aliphatic carbocycles. The van der Waals surface area contributed by atoms with Crippen molar-refractivity contribution in [1.82, 2.24) is 4.98 Å². The highest BCUT2D eigenvalue weighted by Crippen LogP contribution is 2.26. The van der Waals surface area contributed by atoms with E-state index in [9.17, 15) is 4.79 Å². The molecule has 2 aromatic rings. The first-order valence-corrected chi connectivity index (χ1v) is 9.33. The minimum absolute atomic E-state index is 0.0203. The number of benzene rings is 1. The maximum absolute atomic E-state index is 11.6. The predicted octanol–water partition coefficient (Wildman–Crippen LogP) is 4.73. The van der Waals surface area contributed by atoms with E-state index in [1.807, 2.05) is 25.1 Å². The minimum atomic E-state index is 0.0203. The summed E-state index contributed by atoms with van der Waals surface area (Å²) in [6.07, 6.45) is 8.57. The number of hydrogen-bond acceptors (Lipinski definition) is 4. The Hall–Kier alpha value is -1.46. The van der Waals surface area contributed by atoms with Crippen molar-refractivity contribution in [2.45, 2.75) is 45.4 Å². The van der Waals surface area contributed by atoms with Gasteiger partial charge in [0.15, 0.2) is 5.78 Å². The van der Waals surface area contributed by atoms with Gasteiger partial charge in [-0.1, -0.05) is 42.1 Å². The zero-order chi connectivity index (χ0) is 17.5. The van der Waals surface area contributed by atoms with Crippen molar-refractivity contribution in [3.63, 3.8) is 0 Å². The maximum atomic E-state index is 11.6. The standard InChI is InChI=1S/C12H11BrN2O.C7H14O/c1-2-11(16)9-6-15-10-4-3-7(13)5-8(10)12(9)14;8-6-7-4-2-1-3-5-7/h3-6H,2H2,1H3,(H2,14,15);7-8H,1-6H2. The number of carbonyl (C=O) groups is 1. The van der Waals surface area contributed by atoms with Gasteiger partial charge in [-0.05, 0) is 37.0 Å². The lowest BCUT2D eigenvalue weighted by molar-refractivity contribution is 0.0989. The Morgan fingerprint density at radius 2 is 2.04 bits per heavy atom. The average molecular weight is 393 g/mol. The summed E-state index contributed by atoms with van der Waals surface area (Å²) in [6.45, 7) is 2.23. The fourth-order valence-electron chi connectivity index (χ4n) is 2.97. The van der Waals surface area contributed by atoms with Gasteiger partial charge in [-0.25, -0.2) is 0 Å². The first kappa shape index (κ1) is 18.9. The largest absolute Gasteiger partial charge is 0.398 e. The molecule has 0 spiro atoms. The lowest BCUT2D eigenvalue weighted by Crippen LogP contribution is -2.09. The molecule has 1 heterocycles. The van der Waals surface area contributed by atoms with E-state index in [1.54, 1.807) is 6.20 Å². The molecule has 1 saturated carbocycles. The van der Waals surface area contributed by atoms with Crippen molar-refractivity contribution in [2.75, 3.05) is 12.3 Å². The second kappa shape index (κ2) is 9.14. The number of nitrogens with two attached hydrogens (primary N) is 1. The molecule has 1 aromatic carbocycles. The van der Waals surface area contributed by atoms with E-state index >= 15 is 0 Å². The Morgan fingerprint density at radius 1 is 1.33 bits per heavy atom. The molecule has 0 amide bonds. The summed E-state index contributed by atoms with van der Waals surface area (Å²) in [4.78, 5) is 15.9. The van der Waals surface area contributed by atoms with Crippen LogP contribution in [0.15, 0.2) is 28.9 Å². The van der Waals surface area contributed by atoms with Crippen LogP contribution in [-0.4, -0.2) is 22.5 Å². The van der Waals surface area contributed by atoms with Gasteiger partial charge in [-0.15, -0.1) is 0 Å². The van der Waals surface area contributed by atoms with E-state index in [-0.39, 0.29) is 5.78 Å². The SMILES string of the molecule is CCC(=O)c1cnc2ccc(Br)cc2c1N.OCC1CCCCC1. The van der Waals surface area contributed by atoms with Gasteiger partial charge in [0.1, 0.15) is 0 Å². The van der Waals surface area contributed by atoms with Crippen LogP contribution in [0.5, 0.6) is 0 Å². The molecular weight excluding hydrogens is 368 g/mol. The zero-order valence-corrected chi connectivity index (χ0v) is 15.7. The number of carbonyl (C=O) groups excluding carboxylic acids is 1. The number of aliphatic hydroxyl groups is 1. The van der Waals surface area contributed by atoms with E-state index in [1.165, 1.54) is 32.1 Å². The summed E-state index contributed by atoms with van der Waals surface area (Å²) in [5.74, 6) is 0.663. The van der Waals surface area contributed by atoms with Crippen LogP contribution in [0.25, 0.3) is 10.9 Å². The summed E-state index contributed by atoms with van der Waals surface area (Å²) in [6, 6.07) is 5.65. The molecule has 24 heavy (non-hydrogen) atoms. The van der Waals surface area contributed by atoms with E-state index in [2.05, 4.69) is 20.9 Å². The molecule has 130 valence electrons. The molecule has 0 atom stereocenters. The smallest absolute Gasteiger partial charge is 0.166 e. The number of halogens is 1. The Bertz CT molecular complexity index is 697. The van der Waals surface area contributed by atoms with Gasteiger partial charge in [0.25, 0.3) is 0 Å². The number of nitrogens with zero attached hydrogens (tertiary/aromatic N) is 1. The molecular formula is C19H25BrN2O2. The van der Waals surface area contributed by atoms with E-state index in [0.29, 0.717) is 30.2 Å².